The highest BCUT2D eigenvalue weighted by atomic mass is 19.3. The fourth-order valence-electron chi connectivity index (χ4n) is 3.52. The molecule has 0 spiro atoms. The number of alkyl halides is 2. The lowest BCUT2D eigenvalue weighted by atomic mass is 10.1. The lowest BCUT2D eigenvalue weighted by Gasteiger charge is -2.20. The number of nitrogens with zero attached hydrogens (tertiary/aromatic N) is 2. The first-order chi connectivity index (χ1) is 15.3. The molecular formula is C21H31F2N3O6. The van der Waals surface area contributed by atoms with Crippen LogP contribution in [-0.4, -0.2) is 51.7 Å². The topological polar surface area (TPSA) is 134 Å². The lowest BCUT2D eigenvalue weighted by molar-refractivity contribution is -0.150. The predicted molar refractivity (Wildman–Crippen MR) is 111 cm³/mol. The molecule has 1 aromatic rings. The summed E-state index contributed by atoms with van der Waals surface area (Å²) in [5, 5.41) is 9.93. The Balaban J connectivity index is 1.68. The van der Waals surface area contributed by atoms with Gasteiger partial charge in [0.25, 0.3) is 0 Å². The molecule has 0 bridgehead atoms. The van der Waals surface area contributed by atoms with Crippen molar-refractivity contribution in [1.29, 1.82) is 0 Å². The molecule has 0 radical (unpaired) electrons. The Morgan fingerprint density at radius 3 is 2.47 bits per heavy atom. The van der Waals surface area contributed by atoms with E-state index in [1.54, 1.807) is 0 Å². The number of ether oxygens (including phenoxy) is 2. The number of carbonyl (C=O) groups is 2. The zero-order chi connectivity index (χ0) is 23.6. The van der Waals surface area contributed by atoms with Gasteiger partial charge in [0, 0.05) is 19.0 Å². The summed E-state index contributed by atoms with van der Waals surface area (Å²) < 4.78 is 39.5. The maximum absolute atomic E-state index is 14.4. The third kappa shape index (κ3) is 7.33. The van der Waals surface area contributed by atoms with Crippen molar-refractivity contribution in [2.45, 2.75) is 88.6 Å². The van der Waals surface area contributed by atoms with E-state index < -0.39 is 42.6 Å². The molecule has 1 aliphatic rings. The van der Waals surface area contributed by atoms with Crippen molar-refractivity contribution in [2.24, 2.45) is 0 Å². The maximum atomic E-state index is 14.4. The number of aldehydes is 1. The number of aromatic nitrogens is 2. The van der Waals surface area contributed by atoms with Gasteiger partial charge in [-0.25, -0.2) is 4.79 Å². The second-order valence-electron chi connectivity index (χ2n) is 7.91. The van der Waals surface area contributed by atoms with E-state index in [4.69, 9.17) is 15.2 Å². The molecule has 0 aromatic carbocycles. The van der Waals surface area contributed by atoms with E-state index in [9.17, 15) is 28.3 Å². The van der Waals surface area contributed by atoms with E-state index in [-0.39, 0.29) is 12.2 Å². The number of carbonyl (C=O) groups excluding carboxylic acids is 2. The monoisotopic (exact) mass is 459 g/mol. The first-order valence-corrected chi connectivity index (χ1v) is 10.9. The van der Waals surface area contributed by atoms with Crippen LogP contribution in [0.1, 0.15) is 70.4 Å². The van der Waals surface area contributed by atoms with Gasteiger partial charge < -0.3 is 25.1 Å². The highest BCUT2D eigenvalue weighted by Gasteiger charge is 2.60. The molecule has 11 heteroatoms. The quantitative estimate of drug-likeness (QED) is 0.246. The maximum Gasteiger partial charge on any atom is 0.351 e. The molecule has 1 aromatic heterocycles. The molecule has 2 rings (SSSR count). The number of aliphatic hydroxyl groups is 1. The number of nitrogen functional groups attached to an aromatic ring is 1. The molecule has 1 aliphatic heterocycles. The van der Waals surface area contributed by atoms with Crippen molar-refractivity contribution < 1.29 is 33.0 Å². The molecule has 2 heterocycles. The van der Waals surface area contributed by atoms with Gasteiger partial charge in [0.1, 0.15) is 24.8 Å². The van der Waals surface area contributed by atoms with Gasteiger partial charge in [0.05, 0.1) is 0 Å². The summed E-state index contributed by atoms with van der Waals surface area (Å²) in [6.07, 6.45) is 4.50. The van der Waals surface area contributed by atoms with Crippen LogP contribution in [0.25, 0.3) is 0 Å². The normalized spacial score (nSPS) is 22.0. The number of anilines is 1. The second kappa shape index (κ2) is 12.6. The number of halogens is 2. The zero-order valence-corrected chi connectivity index (χ0v) is 18.0. The van der Waals surface area contributed by atoms with Crippen molar-refractivity contribution in [3.05, 3.63) is 22.7 Å². The fourth-order valence-corrected chi connectivity index (χ4v) is 3.52. The first-order valence-electron chi connectivity index (χ1n) is 10.9. The first kappa shape index (κ1) is 25.9. The van der Waals surface area contributed by atoms with Crippen LogP contribution in [0, 0.1) is 0 Å². The van der Waals surface area contributed by atoms with Gasteiger partial charge in [-0.05, 0) is 18.9 Å². The van der Waals surface area contributed by atoms with E-state index in [1.807, 2.05) is 0 Å². The molecule has 0 amide bonds. The van der Waals surface area contributed by atoms with Gasteiger partial charge in [-0.3, -0.25) is 9.36 Å². The molecule has 9 nitrogen and oxygen atoms in total. The van der Waals surface area contributed by atoms with Gasteiger partial charge in [-0.1, -0.05) is 38.5 Å². The number of unbranched alkanes of at least 4 members (excludes halogenated alkanes) is 8. The summed E-state index contributed by atoms with van der Waals surface area (Å²) >= 11 is 0. The molecule has 180 valence electrons. The molecule has 0 aliphatic carbocycles. The van der Waals surface area contributed by atoms with Crippen LogP contribution < -0.4 is 11.4 Å². The minimum absolute atomic E-state index is 0.131. The number of hydrogen-bond acceptors (Lipinski definition) is 8. The van der Waals surface area contributed by atoms with Gasteiger partial charge in [0.15, 0.2) is 6.10 Å². The minimum atomic E-state index is -3.79. The molecule has 0 saturated carbocycles. The largest absolute Gasteiger partial charge is 0.463 e. The van der Waals surface area contributed by atoms with Crippen LogP contribution >= 0.6 is 0 Å². The van der Waals surface area contributed by atoms with E-state index in [2.05, 4.69) is 4.98 Å². The number of aliphatic hydroxyl groups excluding tert-OH is 1. The van der Waals surface area contributed by atoms with Crippen LogP contribution in [0.2, 0.25) is 0 Å². The molecule has 1 fully saturated rings. The molecule has 3 atom stereocenters. The summed E-state index contributed by atoms with van der Waals surface area (Å²) in [5.74, 6) is -4.48. The zero-order valence-electron chi connectivity index (χ0n) is 18.0. The standard InChI is InChI=1S/C21H31F2N3O6/c22-21(23)18(29)15(32-19(21)26-12-11-16(24)25-20(26)30)14-31-17(28)10-8-6-4-2-1-3-5-7-9-13-27/h11-13,15,18-19,29H,1-10,14H2,(H2,24,25,30)/t15-,18-,19-/m1/s1. The van der Waals surface area contributed by atoms with Crippen molar-refractivity contribution in [1.82, 2.24) is 9.55 Å². The number of hydrogen-bond donors (Lipinski definition) is 2. The Hall–Kier alpha value is -2.40. The SMILES string of the molecule is Nc1ccn([C@@H]2O[C@H](COC(=O)CCCCCCCCCCC=O)[C@@H](O)C2(F)F)c(=O)n1. The average Bonchev–Trinajstić information content (AvgIpc) is 2.97. The number of rotatable bonds is 14. The van der Waals surface area contributed by atoms with Crippen LogP contribution in [0.4, 0.5) is 14.6 Å². The number of nitrogens with two attached hydrogens (primary N) is 1. The molecule has 1 saturated heterocycles. The second-order valence-corrected chi connectivity index (χ2v) is 7.91. The van der Waals surface area contributed by atoms with E-state index >= 15 is 0 Å². The Labute approximate surface area is 184 Å². The summed E-state index contributed by atoms with van der Waals surface area (Å²) in [5.41, 5.74) is 4.31. The van der Waals surface area contributed by atoms with Crippen LogP contribution in [0.5, 0.6) is 0 Å². The van der Waals surface area contributed by atoms with Gasteiger partial charge in [-0.15, -0.1) is 0 Å². The minimum Gasteiger partial charge on any atom is -0.463 e. The van der Waals surface area contributed by atoms with E-state index in [0.29, 0.717) is 17.4 Å². The van der Waals surface area contributed by atoms with E-state index in [1.165, 1.54) is 0 Å². The Morgan fingerprint density at radius 1 is 1.22 bits per heavy atom. The van der Waals surface area contributed by atoms with Crippen LogP contribution in [-0.2, 0) is 19.1 Å². The molecular weight excluding hydrogens is 428 g/mol. The summed E-state index contributed by atoms with van der Waals surface area (Å²) in [7, 11) is 0. The molecule has 0 unspecified atom stereocenters. The Kier molecular flexibility index (Phi) is 10.2. The van der Waals surface area contributed by atoms with Crippen LogP contribution in [0.3, 0.4) is 0 Å². The third-order valence-electron chi connectivity index (χ3n) is 5.35. The molecule has 3 N–H and O–H groups in total. The average molecular weight is 459 g/mol. The smallest absolute Gasteiger partial charge is 0.351 e. The lowest BCUT2D eigenvalue weighted by Crippen LogP contribution is -2.42. The van der Waals surface area contributed by atoms with Gasteiger partial charge >= 0.3 is 17.6 Å². The third-order valence-corrected chi connectivity index (χ3v) is 5.35. The van der Waals surface area contributed by atoms with Gasteiger partial charge in [0.2, 0.25) is 6.23 Å². The predicted octanol–water partition coefficient (Wildman–Crippen LogP) is 2.36. The Morgan fingerprint density at radius 2 is 1.84 bits per heavy atom. The van der Waals surface area contributed by atoms with Crippen molar-refractivity contribution in [3.8, 4) is 0 Å². The van der Waals surface area contributed by atoms with Crippen molar-refractivity contribution >= 4 is 18.1 Å². The summed E-state index contributed by atoms with van der Waals surface area (Å²) in [4.78, 5) is 37.3. The van der Waals surface area contributed by atoms with Crippen molar-refractivity contribution in [3.63, 3.8) is 0 Å². The summed E-state index contributed by atoms with van der Waals surface area (Å²) in [6.45, 7) is -0.552. The van der Waals surface area contributed by atoms with E-state index in [0.717, 1.165) is 63.5 Å². The highest BCUT2D eigenvalue weighted by Crippen LogP contribution is 2.42. The Bertz CT molecular complexity index is 804. The van der Waals surface area contributed by atoms with Crippen molar-refractivity contribution in [2.75, 3.05) is 12.3 Å². The highest BCUT2D eigenvalue weighted by molar-refractivity contribution is 5.69. The molecule has 32 heavy (non-hydrogen) atoms. The number of esters is 1. The fraction of sp³-hybridized carbons (Fsp3) is 0.714. The van der Waals surface area contributed by atoms with Gasteiger partial charge in [-0.2, -0.15) is 13.8 Å². The van der Waals surface area contributed by atoms with Crippen LogP contribution in [0.15, 0.2) is 17.1 Å². The summed E-state index contributed by atoms with van der Waals surface area (Å²) in [6, 6.07) is 1.16.